The van der Waals surface area contributed by atoms with Gasteiger partial charge in [-0.3, -0.25) is 0 Å². The number of benzene rings is 1. The number of ether oxygens (including phenoxy) is 3. The van der Waals surface area contributed by atoms with E-state index in [9.17, 15) is 0 Å². The third kappa shape index (κ3) is 2.39. The van der Waals surface area contributed by atoms with Gasteiger partial charge in [0, 0.05) is 18.7 Å². The maximum absolute atomic E-state index is 8.89. The number of hydrogen-bond acceptors (Lipinski definition) is 4. The summed E-state index contributed by atoms with van der Waals surface area (Å²) >= 11 is 0. The van der Waals surface area contributed by atoms with Gasteiger partial charge in [0.2, 0.25) is 0 Å². The maximum atomic E-state index is 8.89. The van der Waals surface area contributed by atoms with Gasteiger partial charge in [-0.15, -0.1) is 0 Å². The third-order valence-electron chi connectivity index (χ3n) is 2.02. The van der Waals surface area contributed by atoms with Crippen LogP contribution in [-0.2, 0) is 11.3 Å². The first kappa shape index (κ1) is 11.3. The Bertz CT molecular complexity index is 382. The lowest BCUT2D eigenvalue weighted by molar-refractivity contribution is 0.181. The van der Waals surface area contributed by atoms with Gasteiger partial charge in [-0.1, -0.05) is 0 Å². The minimum absolute atomic E-state index is 0.405. The van der Waals surface area contributed by atoms with Gasteiger partial charge in [0.05, 0.1) is 26.4 Å². The summed E-state index contributed by atoms with van der Waals surface area (Å²) in [6.07, 6.45) is 0. The predicted molar refractivity (Wildman–Crippen MR) is 55.0 cm³/mol. The molecule has 0 aliphatic rings. The van der Waals surface area contributed by atoms with E-state index in [2.05, 4.69) is 6.07 Å². The zero-order chi connectivity index (χ0) is 11.3. The quantitative estimate of drug-likeness (QED) is 0.754. The molecule has 0 aliphatic carbocycles. The zero-order valence-corrected chi connectivity index (χ0v) is 9.03. The average Bonchev–Trinajstić information content (AvgIpc) is 2.28. The minimum atomic E-state index is 0.405. The van der Waals surface area contributed by atoms with Crippen molar-refractivity contribution in [3.05, 3.63) is 23.3 Å². The molecule has 4 nitrogen and oxygen atoms in total. The van der Waals surface area contributed by atoms with Gasteiger partial charge in [0.15, 0.2) is 0 Å². The van der Waals surface area contributed by atoms with Gasteiger partial charge < -0.3 is 14.2 Å². The van der Waals surface area contributed by atoms with Crippen LogP contribution in [0.25, 0.3) is 0 Å². The minimum Gasteiger partial charge on any atom is -0.496 e. The van der Waals surface area contributed by atoms with Crippen LogP contribution in [0.5, 0.6) is 11.5 Å². The molecule has 0 saturated carbocycles. The Labute approximate surface area is 89.0 Å². The molecule has 0 radical (unpaired) electrons. The molecule has 0 unspecified atom stereocenters. The topological polar surface area (TPSA) is 51.5 Å². The first-order chi connectivity index (χ1) is 7.26. The molecule has 0 fully saturated rings. The molecule has 1 aromatic rings. The lowest BCUT2D eigenvalue weighted by atomic mass is 10.1. The van der Waals surface area contributed by atoms with Crippen molar-refractivity contribution in [2.75, 3.05) is 21.3 Å². The Morgan fingerprint density at radius 2 is 1.80 bits per heavy atom. The third-order valence-corrected chi connectivity index (χ3v) is 2.02. The van der Waals surface area contributed by atoms with Gasteiger partial charge in [0.1, 0.15) is 17.6 Å². The highest BCUT2D eigenvalue weighted by Gasteiger charge is 2.10. The van der Waals surface area contributed by atoms with Crippen molar-refractivity contribution in [3.8, 4) is 17.6 Å². The van der Waals surface area contributed by atoms with Gasteiger partial charge in [-0.2, -0.15) is 5.26 Å². The molecule has 0 heterocycles. The smallest absolute Gasteiger partial charge is 0.140 e. The Kier molecular flexibility index (Phi) is 3.95. The van der Waals surface area contributed by atoms with E-state index in [1.165, 1.54) is 7.11 Å². The fraction of sp³-hybridized carbons (Fsp3) is 0.364. The molecule has 1 aromatic carbocycles. The van der Waals surface area contributed by atoms with Crippen molar-refractivity contribution >= 4 is 0 Å². The Hall–Kier alpha value is -1.73. The highest BCUT2D eigenvalue weighted by atomic mass is 16.5. The lowest BCUT2D eigenvalue weighted by Crippen LogP contribution is -1.97. The first-order valence-corrected chi connectivity index (χ1v) is 4.40. The number of rotatable bonds is 4. The molecule has 0 bridgehead atoms. The summed E-state index contributed by atoms with van der Waals surface area (Å²) in [5, 5.41) is 8.89. The maximum Gasteiger partial charge on any atom is 0.140 e. The standard InChI is InChI=1S/C11H13NO3/c1-13-7-9-4-8(6-12)10(14-2)5-11(9)15-3/h4-5H,7H2,1-3H3. The molecule has 0 amide bonds. The molecule has 1 rings (SSSR count). The molecular weight excluding hydrogens is 194 g/mol. The van der Waals surface area contributed by atoms with Crippen LogP contribution in [0.1, 0.15) is 11.1 Å². The monoisotopic (exact) mass is 207 g/mol. The van der Waals surface area contributed by atoms with E-state index in [4.69, 9.17) is 19.5 Å². The molecular formula is C11H13NO3. The van der Waals surface area contributed by atoms with E-state index in [0.717, 1.165) is 5.56 Å². The van der Waals surface area contributed by atoms with Crippen LogP contribution in [0.15, 0.2) is 12.1 Å². The van der Waals surface area contributed by atoms with Crippen LogP contribution in [-0.4, -0.2) is 21.3 Å². The van der Waals surface area contributed by atoms with E-state index in [0.29, 0.717) is 23.7 Å². The van der Waals surface area contributed by atoms with Gasteiger partial charge in [-0.05, 0) is 6.07 Å². The number of hydrogen-bond donors (Lipinski definition) is 0. The Balaban J connectivity index is 3.22. The number of methoxy groups -OCH3 is 3. The summed E-state index contributed by atoms with van der Waals surface area (Å²) in [7, 11) is 4.68. The SMILES string of the molecule is COCc1cc(C#N)c(OC)cc1OC. The van der Waals surface area contributed by atoms with Crippen molar-refractivity contribution < 1.29 is 14.2 Å². The first-order valence-electron chi connectivity index (χ1n) is 4.40. The Morgan fingerprint density at radius 1 is 1.13 bits per heavy atom. The van der Waals surface area contributed by atoms with Crippen LogP contribution in [0.2, 0.25) is 0 Å². The molecule has 15 heavy (non-hydrogen) atoms. The zero-order valence-electron chi connectivity index (χ0n) is 9.03. The lowest BCUT2D eigenvalue weighted by Gasteiger charge is -2.11. The van der Waals surface area contributed by atoms with Crippen molar-refractivity contribution in [2.45, 2.75) is 6.61 Å². The second-order valence-corrected chi connectivity index (χ2v) is 2.91. The van der Waals surface area contributed by atoms with E-state index < -0.39 is 0 Å². The molecule has 80 valence electrons. The van der Waals surface area contributed by atoms with E-state index in [1.54, 1.807) is 26.4 Å². The molecule has 0 N–H and O–H groups in total. The summed E-state index contributed by atoms with van der Waals surface area (Å²) in [6, 6.07) is 5.46. The summed E-state index contributed by atoms with van der Waals surface area (Å²) in [5.74, 6) is 1.17. The molecule has 0 aliphatic heterocycles. The van der Waals surface area contributed by atoms with Crippen LogP contribution in [0, 0.1) is 11.3 Å². The predicted octanol–water partition coefficient (Wildman–Crippen LogP) is 1.72. The largest absolute Gasteiger partial charge is 0.496 e. The summed E-state index contributed by atoms with van der Waals surface area (Å²) in [5.41, 5.74) is 1.31. The van der Waals surface area contributed by atoms with Crippen LogP contribution >= 0.6 is 0 Å². The second-order valence-electron chi connectivity index (χ2n) is 2.91. The van der Waals surface area contributed by atoms with Crippen molar-refractivity contribution in [1.29, 1.82) is 5.26 Å². The molecule has 4 heteroatoms. The van der Waals surface area contributed by atoms with Crippen molar-refractivity contribution in [1.82, 2.24) is 0 Å². The van der Waals surface area contributed by atoms with E-state index >= 15 is 0 Å². The average molecular weight is 207 g/mol. The van der Waals surface area contributed by atoms with Crippen molar-refractivity contribution in [2.24, 2.45) is 0 Å². The number of nitrogens with zero attached hydrogens (tertiary/aromatic N) is 1. The van der Waals surface area contributed by atoms with Gasteiger partial charge in [-0.25, -0.2) is 0 Å². The normalized spacial score (nSPS) is 9.47. The highest BCUT2D eigenvalue weighted by molar-refractivity contribution is 5.51. The molecule has 0 spiro atoms. The molecule has 0 atom stereocenters. The highest BCUT2D eigenvalue weighted by Crippen LogP contribution is 2.28. The fourth-order valence-electron chi connectivity index (χ4n) is 1.32. The second kappa shape index (κ2) is 5.23. The summed E-state index contributed by atoms with van der Waals surface area (Å²) < 4.78 is 15.3. The fourth-order valence-corrected chi connectivity index (χ4v) is 1.32. The summed E-state index contributed by atoms with van der Waals surface area (Å²) in [6.45, 7) is 0.405. The molecule has 0 saturated heterocycles. The molecule has 0 aromatic heterocycles. The van der Waals surface area contributed by atoms with Gasteiger partial charge in [0.25, 0.3) is 0 Å². The van der Waals surface area contributed by atoms with Gasteiger partial charge >= 0.3 is 0 Å². The van der Waals surface area contributed by atoms with Crippen LogP contribution < -0.4 is 9.47 Å². The Morgan fingerprint density at radius 3 is 2.27 bits per heavy atom. The van der Waals surface area contributed by atoms with Crippen molar-refractivity contribution in [3.63, 3.8) is 0 Å². The number of nitriles is 1. The van der Waals surface area contributed by atoms with E-state index in [1.807, 2.05) is 0 Å². The van der Waals surface area contributed by atoms with Crippen LogP contribution in [0.4, 0.5) is 0 Å². The van der Waals surface area contributed by atoms with E-state index in [-0.39, 0.29) is 0 Å². The summed E-state index contributed by atoms with van der Waals surface area (Å²) in [4.78, 5) is 0. The van der Waals surface area contributed by atoms with Crippen LogP contribution in [0.3, 0.4) is 0 Å².